The van der Waals surface area contributed by atoms with Crippen molar-refractivity contribution in [1.82, 2.24) is 0 Å². The zero-order valence-corrected chi connectivity index (χ0v) is 21.6. The van der Waals surface area contributed by atoms with Crippen molar-refractivity contribution in [2.24, 2.45) is 0 Å². The number of para-hydroxylation sites is 1. The van der Waals surface area contributed by atoms with Crippen molar-refractivity contribution >= 4 is 79.9 Å². The molecule has 1 fully saturated rings. The molecule has 0 saturated carbocycles. The SMILES string of the molecule is Cc1ccc(COc2c(I)cc(/C=C3\SC(=O)N(c4ccccc4)C3=O)cc2I)cc1. The van der Waals surface area contributed by atoms with E-state index in [1.807, 2.05) is 30.3 Å². The number of nitrogens with zero attached hydrogens (tertiary/aromatic N) is 1. The van der Waals surface area contributed by atoms with Gasteiger partial charge in [0.05, 0.1) is 17.7 Å². The minimum absolute atomic E-state index is 0.287. The van der Waals surface area contributed by atoms with E-state index in [4.69, 9.17) is 4.74 Å². The highest BCUT2D eigenvalue weighted by Gasteiger charge is 2.36. The number of amides is 2. The van der Waals surface area contributed by atoms with Gasteiger partial charge in [0.15, 0.2) is 0 Å². The predicted octanol–water partition coefficient (Wildman–Crippen LogP) is 7.02. The fourth-order valence-corrected chi connectivity index (χ4v) is 6.03. The first kappa shape index (κ1) is 22.3. The van der Waals surface area contributed by atoms with E-state index >= 15 is 0 Å². The van der Waals surface area contributed by atoms with Crippen LogP contribution in [-0.4, -0.2) is 11.1 Å². The number of benzene rings is 3. The highest BCUT2D eigenvalue weighted by atomic mass is 127. The number of anilines is 1. The molecular weight excluding hydrogens is 636 g/mol. The lowest BCUT2D eigenvalue weighted by molar-refractivity contribution is -0.113. The number of ether oxygens (including phenoxy) is 1. The van der Waals surface area contributed by atoms with E-state index in [2.05, 4.69) is 76.4 Å². The predicted molar refractivity (Wildman–Crippen MR) is 142 cm³/mol. The van der Waals surface area contributed by atoms with Gasteiger partial charge in [-0.3, -0.25) is 9.59 Å². The molecule has 4 nitrogen and oxygen atoms in total. The number of thioether (sulfide) groups is 1. The maximum Gasteiger partial charge on any atom is 0.298 e. The maximum atomic E-state index is 12.8. The normalized spacial score (nSPS) is 15.1. The van der Waals surface area contributed by atoms with Crippen molar-refractivity contribution in [2.45, 2.75) is 13.5 Å². The first-order valence-corrected chi connectivity index (χ1v) is 12.4. The smallest absolute Gasteiger partial charge is 0.298 e. The minimum atomic E-state index is -0.300. The molecule has 0 N–H and O–H groups in total. The van der Waals surface area contributed by atoms with Crippen molar-refractivity contribution in [3.63, 3.8) is 0 Å². The molecule has 0 bridgehead atoms. The summed E-state index contributed by atoms with van der Waals surface area (Å²) in [4.78, 5) is 26.9. The molecule has 1 heterocycles. The first-order valence-electron chi connectivity index (χ1n) is 9.43. The van der Waals surface area contributed by atoms with Crippen molar-refractivity contribution in [3.05, 3.63) is 95.5 Å². The molecule has 1 aliphatic heterocycles. The number of carbonyl (C=O) groups is 2. The highest BCUT2D eigenvalue weighted by molar-refractivity contribution is 14.1. The van der Waals surface area contributed by atoms with Gasteiger partial charge in [0.1, 0.15) is 12.4 Å². The van der Waals surface area contributed by atoms with Gasteiger partial charge in [-0.25, -0.2) is 4.90 Å². The lowest BCUT2D eigenvalue weighted by Gasteiger charge is -2.12. The second-order valence-corrected chi connectivity index (χ2v) is 10.3. The number of rotatable bonds is 5. The van der Waals surface area contributed by atoms with E-state index in [1.165, 1.54) is 10.5 Å². The fourth-order valence-electron chi connectivity index (χ4n) is 3.06. The topological polar surface area (TPSA) is 46.6 Å². The third kappa shape index (κ3) is 5.15. The van der Waals surface area contributed by atoms with Crippen molar-refractivity contribution in [2.75, 3.05) is 4.90 Å². The summed E-state index contributed by atoms with van der Waals surface area (Å²) in [7, 11) is 0. The Kier molecular flexibility index (Phi) is 7.02. The van der Waals surface area contributed by atoms with Crippen LogP contribution in [-0.2, 0) is 11.4 Å². The Labute approximate surface area is 212 Å². The van der Waals surface area contributed by atoms with Crippen LogP contribution in [0.3, 0.4) is 0 Å². The summed E-state index contributed by atoms with van der Waals surface area (Å²) < 4.78 is 7.96. The van der Waals surface area contributed by atoms with Gasteiger partial charge in [0, 0.05) is 0 Å². The molecule has 4 rings (SSSR count). The molecule has 3 aromatic carbocycles. The molecule has 7 heteroatoms. The van der Waals surface area contributed by atoms with Gasteiger partial charge in [-0.05, 0) is 105 Å². The van der Waals surface area contributed by atoms with Crippen LogP contribution in [0.4, 0.5) is 10.5 Å². The first-order chi connectivity index (χ1) is 14.9. The molecular formula is C24H17I2NO3S. The van der Waals surface area contributed by atoms with Crippen LogP contribution in [0.25, 0.3) is 6.08 Å². The Morgan fingerprint density at radius 3 is 2.26 bits per heavy atom. The largest absolute Gasteiger partial charge is 0.487 e. The summed E-state index contributed by atoms with van der Waals surface area (Å²) in [6.07, 6.45) is 1.77. The average molecular weight is 653 g/mol. The summed E-state index contributed by atoms with van der Waals surface area (Å²) in [6.45, 7) is 2.55. The van der Waals surface area contributed by atoms with E-state index in [9.17, 15) is 9.59 Å². The number of hydrogen-bond donors (Lipinski definition) is 0. The molecule has 0 spiro atoms. The monoisotopic (exact) mass is 653 g/mol. The van der Waals surface area contributed by atoms with Gasteiger partial charge in [-0.1, -0.05) is 48.0 Å². The molecule has 156 valence electrons. The summed E-state index contributed by atoms with van der Waals surface area (Å²) in [5.74, 6) is 0.516. The maximum absolute atomic E-state index is 12.8. The molecule has 0 aromatic heterocycles. The zero-order chi connectivity index (χ0) is 22.0. The van der Waals surface area contributed by atoms with Gasteiger partial charge in [0.25, 0.3) is 11.1 Å². The van der Waals surface area contributed by atoms with Gasteiger partial charge < -0.3 is 4.74 Å². The molecule has 0 aliphatic carbocycles. The highest BCUT2D eigenvalue weighted by Crippen LogP contribution is 2.37. The number of hydrogen-bond acceptors (Lipinski definition) is 4. The van der Waals surface area contributed by atoms with Crippen LogP contribution in [0.5, 0.6) is 5.75 Å². The lowest BCUT2D eigenvalue weighted by Crippen LogP contribution is -2.27. The molecule has 31 heavy (non-hydrogen) atoms. The second kappa shape index (κ2) is 9.74. The summed E-state index contributed by atoms with van der Waals surface area (Å²) >= 11 is 5.44. The Bertz CT molecular complexity index is 1150. The molecule has 0 unspecified atom stereocenters. The lowest BCUT2D eigenvalue weighted by atomic mass is 10.1. The molecule has 1 aliphatic rings. The third-order valence-corrected chi connectivity index (χ3v) is 7.10. The number of carbonyl (C=O) groups excluding carboxylic acids is 2. The third-order valence-electron chi connectivity index (χ3n) is 4.63. The van der Waals surface area contributed by atoms with E-state index < -0.39 is 0 Å². The van der Waals surface area contributed by atoms with E-state index in [0.717, 1.165) is 35.8 Å². The Morgan fingerprint density at radius 2 is 1.61 bits per heavy atom. The van der Waals surface area contributed by atoms with Crippen molar-refractivity contribution in [1.29, 1.82) is 0 Å². The standard InChI is InChI=1S/C24H17I2NO3S/c1-15-7-9-16(10-8-15)14-30-22-19(25)11-17(12-20(22)26)13-21-23(28)27(24(29)31-21)18-5-3-2-4-6-18/h2-13H,14H2,1H3/b21-13-. The van der Waals surface area contributed by atoms with Gasteiger partial charge in [-0.2, -0.15) is 0 Å². The van der Waals surface area contributed by atoms with Gasteiger partial charge >= 0.3 is 0 Å². The number of imide groups is 1. The minimum Gasteiger partial charge on any atom is -0.487 e. The summed E-state index contributed by atoms with van der Waals surface area (Å²) in [5.41, 5.74) is 3.76. The van der Waals surface area contributed by atoms with E-state index in [1.54, 1.807) is 18.2 Å². The Balaban J connectivity index is 1.54. The molecule has 3 aromatic rings. The van der Waals surface area contributed by atoms with Crippen LogP contribution in [0.15, 0.2) is 71.6 Å². The molecule has 0 atom stereocenters. The second-order valence-electron chi connectivity index (χ2n) is 6.94. The van der Waals surface area contributed by atoms with Crippen LogP contribution in [0.2, 0.25) is 0 Å². The number of aryl methyl sites for hydroxylation is 1. The van der Waals surface area contributed by atoms with Crippen molar-refractivity contribution < 1.29 is 14.3 Å². The van der Waals surface area contributed by atoms with Crippen LogP contribution in [0.1, 0.15) is 16.7 Å². The van der Waals surface area contributed by atoms with Crippen LogP contribution < -0.4 is 9.64 Å². The van der Waals surface area contributed by atoms with Crippen LogP contribution >= 0.6 is 56.9 Å². The average Bonchev–Trinajstić information content (AvgIpc) is 3.02. The van der Waals surface area contributed by atoms with E-state index in [-0.39, 0.29) is 11.1 Å². The summed E-state index contributed by atoms with van der Waals surface area (Å²) in [5, 5.41) is -0.287. The van der Waals surface area contributed by atoms with Gasteiger partial charge in [-0.15, -0.1) is 0 Å². The van der Waals surface area contributed by atoms with E-state index in [0.29, 0.717) is 17.2 Å². The quantitative estimate of drug-likeness (QED) is 0.220. The van der Waals surface area contributed by atoms with Gasteiger partial charge in [0.2, 0.25) is 0 Å². The van der Waals surface area contributed by atoms with Crippen molar-refractivity contribution in [3.8, 4) is 5.75 Å². The fraction of sp³-hybridized carbons (Fsp3) is 0.0833. The molecule has 2 amide bonds. The summed E-state index contributed by atoms with van der Waals surface area (Å²) in [6, 6.07) is 21.2. The number of halogens is 2. The zero-order valence-electron chi connectivity index (χ0n) is 16.5. The molecule has 1 saturated heterocycles. The Morgan fingerprint density at radius 1 is 0.968 bits per heavy atom. The molecule has 0 radical (unpaired) electrons. The Hall–Kier alpha value is -1.85. The van der Waals surface area contributed by atoms with Crippen LogP contribution in [0, 0.1) is 14.1 Å².